The van der Waals surface area contributed by atoms with Crippen molar-refractivity contribution in [3.8, 4) is 0 Å². The highest BCUT2D eigenvalue weighted by atomic mass is 32.2. The highest BCUT2D eigenvalue weighted by Gasteiger charge is 2.19. The van der Waals surface area contributed by atoms with E-state index < -0.39 is 15.1 Å². The fourth-order valence-corrected chi connectivity index (χ4v) is 2.41. The molecule has 0 spiro atoms. The largest absolute Gasteiger partial charge is 0.287 e. The molecule has 0 radical (unpaired) electrons. The van der Waals surface area contributed by atoms with Crippen LogP contribution in [-0.4, -0.2) is 25.6 Å². The van der Waals surface area contributed by atoms with Gasteiger partial charge in [0.25, 0.3) is 5.91 Å². The molecule has 6 heteroatoms. The van der Waals surface area contributed by atoms with Gasteiger partial charge in [-0.05, 0) is 52.0 Å². The Labute approximate surface area is 114 Å². The van der Waals surface area contributed by atoms with Gasteiger partial charge in [-0.1, -0.05) is 0 Å². The second kappa shape index (κ2) is 6.16. The van der Waals surface area contributed by atoms with E-state index in [1.54, 1.807) is 13.8 Å². The second-order valence-corrected chi connectivity index (χ2v) is 7.38. The van der Waals surface area contributed by atoms with E-state index in [9.17, 15) is 13.2 Å². The van der Waals surface area contributed by atoms with Gasteiger partial charge in [-0.15, -0.1) is 0 Å². The van der Waals surface area contributed by atoms with Crippen molar-refractivity contribution in [2.45, 2.75) is 43.9 Å². The molecule has 0 saturated heterocycles. The molecule has 0 fully saturated rings. The van der Waals surface area contributed by atoms with E-state index in [1.807, 2.05) is 13.8 Å². The predicted octanol–water partition coefficient (Wildman–Crippen LogP) is 1.51. The van der Waals surface area contributed by atoms with Crippen molar-refractivity contribution in [3.05, 3.63) is 29.8 Å². The van der Waals surface area contributed by atoms with Crippen LogP contribution in [0.3, 0.4) is 0 Å². The molecule has 1 amide bonds. The Kier molecular flexibility index (Phi) is 5.08. The maximum absolute atomic E-state index is 11.9. The first-order valence-corrected chi connectivity index (χ1v) is 7.69. The van der Waals surface area contributed by atoms with E-state index in [0.29, 0.717) is 5.56 Å². The topological polar surface area (TPSA) is 75.3 Å². The lowest BCUT2D eigenvalue weighted by molar-refractivity contribution is 0.0927. The lowest BCUT2D eigenvalue weighted by Crippen LogP contribution is -2.41. The van der Waals surface area contributed by atoms with Crippen molar-refractivity contribution in [3.63, 3.8) is 0 Å². The van der Waals surface area contributed by atoms with Crippen molar-refractivity contribution in [2.75, 3.05) is 0 Å². The minimum absolute atomic E-state index is 0.129. The SMILES string of the molecule is CC(C)NNC(=O)c1ccc(S(=O)(=O)C(C)C)cc1. The highest BCUT2D eigenvalue weighted by Crippen LogP contribution is 2.16. The molecule has 0 aromatic heterocycles. The van der Waals surface area contributed by atoms with Crippen LogP contribution in [0, 0.1) is 0 Å². The van der Waals surface area contributed by atoms with Crippen molar-refractivity contribution < 1.29 is 13.2 Å². The molecule has 5 nitrogen and oxygen atoms in total. The van der Waals surface area contributed by atoms with Gasteiger partial charge in [0.05, 0.1) is 10.1 Å². The molecular weight excluding hydrogens is 264 g/mol. The minimum Gasteiger partial charge on any atom is -0.287 e. The zero-order chi connectivity index (χ0) is 14.6. The Balaban J connectivity index is 2.85. The standard InChI is InChI=1S/C13H20N2O3S/c1-9(2)14-15-13(16)11-5-7-12(8-6-11)19(17,18)10(3)4/h5-10,14H,1-4H3,(H,15,16). The highest BCUT2D eigenvalue weighted by molar-refractivity contribution is 7.92. The molecule has 2 N–H and O–H groups in total. The van der Waals surface area contributed by atoms with Crippen LogP contribution < -0.4 is 10.9 Å². The van der Waals surface area contributed by atoms with E-state index >= 15 is 0 Å². The smallest absolute Gasteiger partial charge is 0.265 e. The number of amides is 1. The first-order valence-electron chi connectivity index (χ1n) is 6.15. The number of hydrogen-bond acceptors (Lipinski definition) is 4. The molecule has 106 valence electrons. The first-order chi connectivity index (χ1) is 8.75. The molecule has 0 aliphatic heterocycles. The van der Waals surface area contributed by atoms with Crippen LogP contribution in [0.4, 0.5) is 0 Å². The lowest BCUT2D eigenvalue weighted by Gasteiger charge is -2.11. The Morgan fingerprint density at radius 3 is 2.00 bits per heavy atom. The number of carbonyl (C=O) groups is 1. The number of hydrazine groups is 1. The molecule has 0 unspecified atom stereocenters. The predicted molar refractivity (Wildman–Crippen MR) is 74.5 cm³/mol. The monoisotopic (exact) mass is 284 g/mol. The summed E-state index contributed by atoms with van der Waals surface area (Å²) in [7, 11) is -3.29. The summed E-state index contributed by atoms with van der Waals surface area (Å²) in [5.74, 6) is -0.290. The van der Waals surface area contributed by atoms with E-state index in [2.05, 4.69) is 10.9 Å². The quantitative estimate of drug-likeness (QED) is 0.804. The fourth-order valence-electron chi connectivity index (χ4n) is 1.35. The Bertz CT molecular complexity index is 534. The molecule has 19 heavy (non-hydrogen) atoms. The lowest BCUT2D eigenvalue weighted by atomic mass is 10.2. The molecule has 1 rings (SSSR count). The van der Waals surface area contributed by atoms with Gasteiger partial charge in [-0.2, -0.15) is 0 Å². The zero-order valence-corrected chi connectivity index (χ0v) is 12.4. The van der Waals surface area contributed by atoms with Crippen LogP contribution in [0.15, 0.2) is 29.2 Å². The van der Waals surface area contributed by atoms with E-state index in [4.69, 9.17) is 0 Å². The summed E-state index contributed by atoms with van der Waals surface area (Å²) in [6.07, 6.45) is 0. The van der Waals surface area contributed by atoms with E-state index in [1.165, 1.54) is 24.3 Å². The van der Waals surface area contributed by atoms with Gasteiger partial charge in [0.2, 0.25) is 0 Å². The van der Waals surface area contributed by atoms with Gasteiger partial charge in [0.15, 0.2) is 9.84 Å². The van der Waals surface area contributed by atoms with Gasteiger partial charge in [0, 0.05) is 11.6 Å². The summed E-state index contributed by atoms with van der Waals surface area (Å²) in [6, 6.07) is 6.06. The Morgan fingerprint density at radius 2 is 1.58 bits per heavy atom. The van der Waals surface area contributed by atoms with Gasteiger partial charge in [-0.25, -0.2) is 13.8 Å². The van der Waals surface area contributed by atoms with Crippen molar-refractivity contribution in [1.82, 2.24) is 10.9 Å². The van der Waals surface area contributed by atoms with Crippen LogP contribution in [0.25, 0.3) is 0 Å². The summed E-state index contributed by atoms with van der Waals surface area (Å²) in [5.41, 5.74) is 5.74. The second-order valence-electron chi connectivity index (χ2n) is 4.87. The molecule has 0 atom stereocenters. The van der Waals surface area contributed by atoms with Crippen LogP contribution in [-0.2, 0) is 9.84 Å². The summed E-state index contributed by atoms with van der Waals surface area (Å²) < 4.78 is 23.8. The maximum atomic E-state index is 11.9. The van der Waals surface area contributed by atoms with Crippen molar-refractivity contribution in [2.24, 2.45) is 0 Å². The third-order valence-corrected chi connectivity index (χ3v) is 4.71. The minimum atomic E-state index is -3.29. The molecule has 0 heterocycles. The fraction of sp³-hybridized carbons (Fsp3) is 0.462. The molecule has 1 aromatic rings. The average Bonchev–Trinajstić information content (AvgIpc) is 2.35. The summed E-state index contributed by atoms with van der Waals surface area (Å²) in [6.45, 7) is 7.06. The van der Waals surface area contributed by atoms with Gasteiger partial charge < -0.3 is 0 Å². The zero-order valence-electron chi connectivity index (χ0n) is 11.6. The third-order valence-electron chi connectivity index (χ3n) is 2.54. The van der Waals surface area contributed by atoms with Crippen molar-refractivity contribution >= 4 is 15.7 Å². The molecular formula is C13H20N2O3S. The van der Waals surface area contributed by atoms with Crippen LogP contribution in [0.1, 0.15) is 38.1 Å². The normalized spacial score (nSPS) is 11.9. The molecule has 0 aliphatic rings. The number of benzene rings is 1. The molecule has 0 saturated carbocycles. The van der Waals surface area contributed by atoms with Crippen LogP contribution in [0.2, 0.25) is 0 Å². The Hall–Kier alpha value is -1.40. The maximum Gasteiger partial charge on any atom is 0.265 e. The van der Waals surface area contributed by atoms with Gasteiger partial charge in [0.1, 0.15) is 0 Å². The van der Waals surface area contributed by atoms with E-state index in [-0.39, 0.29) is 16.8 Å². The van der Waals surface area contributed by atoms with Crippen LogP contribution in [0.5, 0.6) is 0 Å². The van der Waals surface area contributed by atoms with Gasteiger partial charge >= 0.3 is 0 Å². The number of hydrogen-bond donors (Lipinski definition) is 2. The molecule has 1 aromatic carbocycles. The average molecular weight is 284 g/mol. The Morgan fingerprint density at radius 1 is 1.05 bits per heavy atom. The first kappa shape index (κ1) is 15.7. The third kappa shape index (κ3) is 4.04. The molecule has 0 aliphatic carbocycles. The summed E-state index contributed by atoms with van der Waals surface area (Å²) in [5, 5.41) is -0.477. The van der Waals surface area contributed by atoms with Gasteiger partial charge in [-0.3, -0.25) is 10.2 Å². The number of carbonyl (C=O) groups excluding carboxylic acids is 1. The number of sulfone groups is 1. The number of nitrogens with one attached hydrogen (secondary N) is 2. The number of rotatable bonds is 5. The summed E-state index contributed by atoms with van der Waals surface area (Å²) >= 11 is 0. The van der Waals surface area contributed by atoms with E-state index in [0.717, 1.165) is 0 Å². The molecule has 0 bridgehead atoms. The van der Waals surface area contributed by atoms with Crippen molar-refractivity contribution in [1.29, 1.82) is 0 Å². The summed E-state index contributed by atoms with van der Waals surface area (Å²) in [4.78, 5) is 12.0. The van der Waals surface area contributed by atoms with Crippen LogP contribution >= 0.6 is 0 Å².